The zero-order valence-corrected chi connectivity index (χ0v) is 31.7. The second kappa shape index (κ2) is 24.4. The molecule has 4 saturated carbocycles. The summed E-state index contributed by atoms with van der Waals surface area (Å²) in [5, 5.41) is 0. The van der Waals surface area contributed by atoms with Gasteiger partial charge in [-0.2, -0.15) is 26.3 Å². The molecule has 4 fully saturated rings. The minimum Gasteiger partial charge on any atom is 2.00 e. The minimum atomic E-state index is -6.09. The van der Waals surface area contributed by atoms with E-state index in [1.165, 1.54) is 48.1 Å². The first-order valence-corrected chi connectivity index (χ1v) is 20.1. The van der Waals surface area contributed by atoms with Gasteiger partial charge in [-0.05, 0) is 98.9 Å². The van der Waals surface area contributed by atoms with Crippen molar-refractivity contribution in [3.63, 3.8) is 0 Å². The Bertz CT molecular complexity index is 978. The monoisotopic (exact) mass is 842 g/mol. The van der Waals surface area contributed by atoms with Gasteiger partial charge in [0.15, 0.2) is 20.2 Å². The third-order valence-electron chi connectivity index (χ3n) is 8.30. The SMILES string of the molecule is C1CCC(P(C2CCCCC2)C2CCCCC2)CC1.C[C]1[CH][CH][C](C(C)C)[CH][CH]1.O=S(=O)([O-])C(F)(F)F.O=S(=O)([O-])C(F)(F)F.[C-]#[O+].[Ru+2]. The molecule has 7 nitrogen and oxygen atoms in total. The van der Waals surface area contributed by atoms with Crippen LogP contribution in [0.1, 0.15) is 117 Å². The Balaban J connectivity index is 0. The second-order valence-corrected chi connectivity index (χ2v) is 18.0. The van der Waals surface area contributed by atoms with Gasteiger partial charge in [-0.15, -0.1) is 0 Å². The molecule has 48 heavy (non-hydrogen) atoms. The molecule has 4 aliphatic carbocycles. The molecule has 0 aromatic rings. The summed E-state index contributed by atoms with van der Waals surface area (Å²) in [6, 6.07) is 0. The summed E-state index contributed by atoms with van der Waals surface area (Å²) in [6.07, 6.45) is 32.3. The summed E-state index contributed by atoms with van der Waals surface area (Å²) < 4.78 is 125. The molecule has 4 rings (SSSR count). The molecule has 0 spiro atoms. The Kier molecular flexibility index (Phi) is 25.6. The van der Waals surface area contributed by atoms with Crippen molar-refractivity contribution < 1.29 is 76.4 Å². The number of hydrogen-bond acceptors (Lipinski definition) is 6. The van der Waals surface area contributed by atoms with E-state index in [4.69, 9.17) is 30.6 Å². The molecule has 0 saturated heterocycles. The zero-order chi connectivity index (χ0) is 36.5. The van der Waals surface area contributed by atoms with Gasteiger partial charge in [0, 0.05) is 0 Å². The van der Waals surface area contributed by atoms with Crippen molar-refractivity contribution in [2.24, 2.45) is 5.92 Å². The molecule has 0 aromatic carbocycles. The molecule has 4 aliphatic rings. The molecule has 0 atom stereocenters. The summed E-state index contributed by atoms with van der Waals surface area (Å²) in [7, 11) is -11.8. The van der Waals surface area contributed by atoms with Crippen LogP contribution in [0.5, 0.6) is 0 Å². The summed E-state index contributed by atoms with van der Waals surface area (Å²) in [4.78, 5) is 0. The first-order valence-electron chi connectivity index (χ1n) is 15.7. The average molecular weight is 842 g/mol. The average Bonchev–Trinajstić information content (AvgIpc) is 2.99. The topological polar surface area (TPSA) is 134 Å². The van der Waals surface area contributed by atoms with Crippen LogP contribution in [-0.4, -0.2) is 53.9 Å². The van der Waals surface area contributed by atoms with Gasteiger partial charge in [0.2, 0.25) is 0 Å². The Morgan fingerprint density at radius 3 is 1.06 bits per heavy atom. The molecule has 0 N–H and O–H groups in total. The largest absolute Gasteiger partial charge is 2.00 e. The van der Waals surface area contributed by atoms with Crippen molar-refractivity contribution in [3.05, 3.63) is 44.2 Å². The maximum atomic E-state index is 10.7. The van der Waals surface area contributed by atoms with Crippen molar-refractivity contribution >= 4 is 28.2 Å². The normalized spacial score (nSPS) is 21.1. The van der Waals surface area contributed by atoms with Crippen molar-refractivity contribution in [2.45, 2.75) is 145 Å². The van der Waals surface area contributed by atoms with Crippen LogP contribution in [0, 0.1) is 50.1 Å². The van der Waals surface area contributed by atoms with Crippen molar-refractivity contribution in [2.75, 3.05) is 0 Å². The first-order chi connectivity index (χ1) is 21.6. The summed E-state index contributed by atoms with van der Waals surface area (Å²) in [5.74, 6) is 3.41. The molecule has 6 radical (unpaired) electrons. The van der Waals surface area contributed by atoms with Crippen LogP contribution < -0.4 is 0 Å². The van der Waals surface area contributed by atoms with Crippen LogP contribution in [-0.2, 0) is 44.4 Å². The molecular formula is C31H47F6O7PRuS2. The smallest absolute Gasteiger partial charge is 2.00 e. The summed E-state index contributed by atoms with van der Waals surface area (Å²) in [6.45, 7) is 11.0. The van der Waals surface area contributed by atoms with Gasteiger partial charge >= 0.3 is 41.8 Å². The Labute approximate surface area is 298 Å². The quantitative estimate of drug-likeness (QED) is 0.0527. The molecule has 0 aliphatic heterocycles. The fourth-order valence-corrected chi connectivity index (χ4v) is 10.7. The fraction of sp³-hybridized carbons (Fsp3) is 0.774. The predicted octanol–water partition coefficient (Wildman–Crippen LogP) is 9.17. The maximum absolute atomic E-state index is 10.7. The van der Waals surface area contributed by atoms with Crippen LogP contribution in [0.15, 0.2) is 0 Å². The first kappa shape index (κ1) is 50.3. The van der Waals surface area contributed by atoms with Crippen molar-refractivity contribution in [1.29, 1.82) is 0 Å². The number of hydrogen-bond donors (Lipinski definition) is 0. The Hall–Kier alpha value is 0.193. The number of rotatable bonds is 4. The summed E-state index contributed by atoms with van der Waals surface area (Å²) in [5.41, 5.74) is -7.72. The molecule has 17 heteroatoms. The predicted molar refractivity (Wildman–Crippen MR) is 167 cm³/mol. The van der Waals surface area contributed by atoms with Crippen LogP contribution in [0.4, 0.5) is 26.3 Å². The van der Waals surface area contributed by atoms with E-state index in [9.17, 15) is 26.3 Å². The van der Waals surface area contributed by atoms with Crippen molar-refractivity contribution in [3.8, 4) is 0 Å². The van der Waals surface area contributed by atoms with Gasteiger partial charge in [0.25, 0.3) is 0 Å². The van der Waals surface area contributed by atoms with E-state index in [1.54, 1.807) is 77.0 Å². The third-order valence-corrected chi connectivity index (χ3v) is 13.5. The van der Waals surface area contributed by atoms with Gasteiger partial charge < -0.3 is 9.11 Å². The van der Waals surface area contributed by atoms with Gasteiger partial charge in [0.1, 0.15) is 0 Å². The molecular weight excluding hydrogens is 795 g/mol. The fourth-order valence-electron chi connectivity index (χ4n) is 5.98. The third kappa shape index (κ3) is 20.3. The maximum Gasteiger partial charge on any atom is 2.00 e. The molecule has 0 amide bonds. The van der Waals surface area contributed by atoms with Crippen LogP contribution in [0.3, 0.4) is 0 Å². The van der Waals surface area contributed by atoms with Gasteiger partial charge in [0.05, 0.1) is 0 Å². The van der Waals surface area contributed by atoms with Gasteiger partial charge in [-0.1, -0.05) is 86.5 Å². The second-order valence-electron chi connectivity index (χ2n) is 12.2. The standard InChI is InChI=1S/C18H33P.C10H14.2CHF3O3S.CO.Ru/c1-4-10-16(11-5-1)19(17-12-6-2-7-13-17)18-14-8-3-9-15-18;1-8(2)10-6-4-9(3)5-7-10;2*2-1(3,4)8(5,6)7;1-2;/h16-18H,1-15H2;4-8H,1-3H3;2*(H,5,6,7);;/q;;;;;+2/p-2. The van der Waals surface area contributed by atoms with E-state index >= 15 is 0 Å². The van der Waals surface area contributed by atoms with E-state index in [0.29, 0.717) is 13.8 Å². The van der Waals surface area contributed by atoms with E-state index in [0.717, 1.165) is 0 Å². The molecule has 280 valence electrons. The summed E-state index contributed by atoms with van der Waals surface area (Å²) >= 11 is 0. The number of halogens is 6. The van der Waals surface area contributed by atoms with Crippen LogP contribution in [0.2, 0.25) is 0 Å². The van der Waals surface area contributed by atoms with E-state index in [1.807, 2.05) is 0 Å². The zero-order valence-electron chi connectivity index (χ0n) is 27.5. The number of alkyl halides is 6. The Morgan fingerprint density at radius 1 is 0.646 bits per heavy atom. The van der Waals surface area contributed by atoms with E-state index in [2.05, 4.69) is 53.1 Å². The molecule has 0 bridgehead atoms. The molecule has 0 unspecified atom stereocenters. The van der Waals surface area contributed by atoms with Crippen molar-refractivity contribution in [1.82, 2.24) is 0 Å². The Morgan fingerprint density at radius 2 is 0.875 bits per heavy atom. The molecule has 0 heterocycles. The van der Waals surface area contributed by atoms with E-state index < -0.39 is 31.3 Å². The van der Waals surface area contributed by atoms with Gasteiger partial charge in [-0.25, -0.2) is 16.8 Å². The van der Waals surface area contributed by atoms with Crippen LogP contribution >= 0.6 is 7.92 Å². The molecule has 0 aromatic heterocycles. The van der Waals surface area contributed by atoms with Gasteiger partial charge in [-0.3, -0.25) is 0 Å². The minimum absolute atomic E-state index is 0. The van der Waals surface area contributed by atoms with E-state index in [-0.39, 0.29) is 19.5 Å². The van der Waals surface area contributed by atoms with Crippen LogP contribution in [0.25, 0.3) is 0 Å².